The molecule has 2 heterocycles. The van der Waals surface area contributed by atoms with Crippen LogP contribution in [-0.4, -0.2) is 40.3 Å². The average Bonchev–Trinajstić information content (AvgIpc) is 2.99. The van der Waals surface area contributed by atoms with Gasteiger partial charge in [0.25, 0.3) is 5.91 Å². The van der Waals surface area contributed by atoms with Crippen molar-refractivity contribution in [3.8, 4) is 0 Å². The Morgan fingerprint density at radius 1 is 1.29 bits per heavy atom. The number of anilines is 2. The molecule has 5 N–H and O–H groups in total. The molecule has 1 saturated carbocycles. The van der Waals surface area contributed by atoms with E-state index in [1.807, 2.05) is 0 Å². The normalized spacial score (nSPS) is 22.1. The van der Waals surface area contributed by atoms with E-state index in [9.17, 15) is 9.59 Å². The molecule has 1 aromatic rings. The number of nitrogens with one attached hydrogen (secondary N) is 1. The third-order valence-corrected chi connectivity index (χ3v) is 5.11. The Bertz CT molecular complexity index is 569. The van der Waals surface area contributed by atoms with Crippen LogP contribution < -0.4 is 16.8 Å². The minimum Gasteiger partial charge on any atom is -0.382 e. The molecule has 2 fully saturated rings. The minimum absolute atomic E-state index is 0.224. The molecule has 1 aliphatic carbocycles. The third-order valence-electron chi connectivity index (χ3n) is 4.12. The molecule has 2 aliphatic rings. The summed E-state index contributed by atoms with van der Waals surface area (Å²) in [6.45, 7) is 0.537. The maximum atomic E-state index is 12.5. The fourth-order valence-electron chi connectivity index (χ4n) is 2.71. The number of amides is 2. The van der Waals surface area contributed by atoms with Gasteiger partial charge in [-0.05, 0) is 32.1 Å². The van der Waals surface area contributed by atoms with Crippen LogP contribution in [-0.2, 0) is 4.79 Å². The number of nitrogen functional groups attached to an aromatic ring is 1. The standard InChI is InChI=1S/C13H19N5O2S/c14-10-9(21-13(17-10)16-7-3-1-4-7)12(20)18-6-2-5-8(18)11(15)19/h7-8H,1-6,14H2,(H2,15,19)(H,16,17). The van der Waals surface area contributed by atoms with E-state index in [4.69, 9.17) is 11.5 Å². The van der Waals surface area contributed by atoms with Crippen LogP contribution in [0.4, 0.5) is 10.9 Å². The molecule has 114 valence electrons. The van der Waals surface area contributed by atoms with Gasteiger partial charge in [0.15, 0.2) is 5.13 Å². The van der Waals surface area contributed by atoms with Crippen molar-refractivity contribution in [1.29, 1.82) is 0 Å². The topological polar surface area (TPSA) is 114 Å². The van der Waals surface area contributed by atoms with Gasteiger partial charge in [-0.25, -0.2) is 4.98 Å². The predicted molar refractivity (Wildman–Crippen MR) is 81.0 cm³/mol. The molecule has 2 amide bonds. The van der Waals surface area contributed by atoms with Crippen LogP contribution in [0.3, 0.4) is 0 Å². The first-order valence-corrected chi connectivity index (χ1v) is 8.01. The van der Waals surface area contributed by atoms with Crippen molar-refractivity contribution in [1.82, 2.24) is 9.88 Å². The molecular weight excluding hydrogens is 290 g/mol. The number of primary amides is 1. The molecule has 21 heavy (non-hydrogen) atoms. The van der Waals surface area contributed by atoms with Crippen molar-refractivity contribution < 1.29 is 9.59 Å². The average molecular weight is 309 g/mol. The summed E-state index contributed by atoms with van der Waals surface area (Å²) in [4.78, 5) is 30.1. The number of aromatic nitrogens is 1. The molecule has 0 bridgehead atoms. The lowest BCUT2D eigenvalue weighted by Gasteiger charge is -2.25. The van der Waals surface area contributed by atoms with Gasteiger partial charge >= 0.3 is 0 Å². The van der Waals surface area contributed by atoms with Gasteiger partial charge in [0, 0.05) is 12.6 Å². The molecule has 0 spiro atoms. The molecule has 8 heteroatoms. The monoisotopic (exact) mass is 309 g/mol. The lowest BCUT2D eigenvalue weighted by molar-refractivity contribution is -0.121. The van der Waals surface area contributed by atoms with E-state index in [2.05, 4.69) is 10.3 Å². The highest BCUT2D eigenvalue weighted by atomic mass is 32.1. The smallest absolute Gasteiger partial charge is 0.268 e. The molecule has 1 unspecified atom stereocenters. The second-order valence-electron chi connectivity index (χ2n) is 5.56. The summed E-state index contributed by atoms with van der Waals surface area (Å²) in [5, 5.41) is 3.96. The zero-order chi connectivity index (χ0) is 15.0. The van der Waals surface area contributed by atoms with E-state index in [1.165, 1.54) is 22.7 Å². The van der Waals surface area contributed by atoms with Crippen molar-refractivity contribution in [2.75, 3.05) is 17.6 Å². The molecule has 1 aromatic heterocycles. The SMILES string of the molecule is NC(=O)C1CCCN1C(=O)c1sc(NC2CCC2)nc1N. The van der Waals surface area contributed by atoms with E-state index in [0.717, 1.165) is 19.3 Å². The Balaban J connectivity index is 1.76. The molecule has 0 aromatic carbocycles. The van der Waals surface area contributed by atoms with Gasteiger partial charge in [-0.2, -0.15) is 0 Å². The van der Waals surface area contributed by atoms with Crippen LogP contribution in [0.25, 0.3) is 0 Å². The predicted octanol–water partition coefficient (Wildman–Crippen LogP) is 0.780. The van der Waals surface area contributed by atoms with Crippen molar-refractivity contribution in [2.24, 2.45) is 5.73 Å². The van der Waals surface area contributed by atoms with Crippen molar-refractivity contribution >= 4 is 34.1 Å². The number of carbonyl (C=O) groups excluding carboxylic acids is 2. The van der Waals surface area contributed by atoms with Gasteiger partial charge in [0.2, 0.25) is 5.91 Å². The molecule has 1 atom stereocenters. The second-order valence-corrected chi connectivity index (χ2v) is 6.56. The highest BCUT2D eigenvalue weighted by Crippen LogP contribution is 2.31. The Morgan fingerprint density at radius 2 is 2.05 bits per heavy atom. The first-order valence-electron chi connectivity index (χ1n) is 7.19. The van der Waals surface area contributed by atoms with Crippen LogP contribution >= 0.6 is 11.3 Å². The molecule has 1 saturated heterocycles. The van der Waals surface area contributed by atoms with Gasteiger partial charge in [0.1, 0.15) is 16.7 Å². The number of hydrogen-bond donors (Lipinski definition) is 3. The Morgan fingerprint density at radius 3 is 2.67 bits per heavy atom. The Hall–Kier alpha value is -1.83. The first kappa shape index (κ1) is 14.1. The summed E-state index contributed by atoms with van der Waals surface area (Å²) in [6.07, 6.45) is 4.87. The summed E-state index contributed by atoms with van der Waals surface area (Å²) < 4.78 is 0. The second kappa shape index (κ2) is 5.51. The lowest BCUT2D eigenvalue weighted by atomic mass is 9.93. The number of carbonyl (C=O) groups is 2. The van der Waals surface area contributed by atoms with Crippen LogP contribution in [0.5, 0.6) is 0 Å². The van der Waals surface area contributed by atoms with Crippen molar-refractivity contribution in [2.45, 2.75) is 44.2 Å². The van der Waals surface area contributed by atoms with Gasteiger partial charge < -0.3 is 21.7 Å². The summed E-state index contributed by atoms with van der Waals surface area (Å²) in [6, 6.07) is -0.0919. The number of rotatable bonds is 4. The van der Waals surface area contributed by atoms with E-state index in [0.29, 0.717) is 29.0 Å². The van der Waals surface area contributed by atoms with Crippen molar-refractivity contribution in [3.05, 3.63) is 4.88 Å². The minimum atomic E-state index is -0.526. The third kappa shape index (κ3) is 2.67. The number of likely N-dealkylation sites (tertiary alicyclic amines) is 1. The highest BCUT2D eigenvalue weighted by Gasteiger charge is 2.35. The lowest BCUT2D eigenvalue weighted by Crippen LogP contribution is -2.43. The molecular formula is C13H19N5O2S. The zero-order valence-electron chi connectivity index (χ0n) is 11.7. The molecule has 7 nitrogen and oxygen atoms in total. The van der Waals surface area contributed by atoms with E-state index < -0.39 is 11.9 Å². The van der Waals surface area contributed by atoms with Gasteiger partial charge in [-0.15, -0.1) is 0 Å². The van der Waals surface area contributed by atoms with Crippen LogP contribution in [0.2, 0.25) is 0 Å². The highest BCUT2D eigenvalue weighted by molar-refractivity contribution is 7.18. The number of hydrogen-bond acceptors (Lipinski definition) is 6. The fourth-order valence-corrected chi connectivity index (χ4v) is 3.63. The Kier molecular flexibility index (Phi) is 3.71. The van der Waals surface area contributed by atoms with E-state index in [1.54, 1.807) is 0 Å². The Labute approximate surface area is 126 Å². The maximum absolute atomic E-state index is 12.5. The van der Waals surface area contributed by atoms with E-state index in [-0.39, 0.29) is 11.7 Å². The summed E-state index contributed by atoms with van der Waals surface area (Å²) in [5.74, 6) is -0.480. The van der Waals surface area contributed by atoms with Gasteiger partial charge in [-0.1, -0.05) is 11.3 Å². The largest absolute Gasteiger partial charge is 0.382 e. The number of thiazole rings is 1. The first-order chi connectivity index (χ1) is 10.1. The summed E-state index contributed by atoms with van der Waals surface area (Å²) >= 11 is 1.26. The molecule has 3 rings (SSSR count). The van der Waals surface area contributed by atoms with Crippen LogP contribution in [0.1, 0.15) is 41.8 Å². The maximum Gasteiger partial charge on any atom is 0.268 e. The summed E-state index contributed by atoms with van der Waals surface area (Å²) in [7, 11) is 0. The number of nitrogens with zero attached hydrogens (tertiary/aromatic N) is 2. The van der Waals surface area contributed by atoms with Crippen LogP contribution in [0.15, 0.2) is 0 Å². The van der Waals surface area contributed by atoms with Gasteiger partial charge in [-0.3, -0.25) is 9.59 Å². The zero-order valence-corrected chi connectivity index (χ0v) is 12.5. The molecule has 1 aliphatic heterocycles. The fraction of sp³-hybridized carbons (Fsp3) is 0.615. The molecule has 0 radical (unpaired) electrons. The van der Waals surface area contributed by atoms with E-state index >= 15 is 0 Å². The van der Waals surface area contributed by atoms with Crippen LogP contribution in [0, 0.1) is 0 Å². The summed E-state index contributed by atoms with van der Waals surface area (Å²) in [5.41, 5.74) is 11.2. The quantitative estimate of drug-likeness (QED) is 0.760. The number of nitrogens with two attached hydrogens (primary N) is 2. The van der Waals surface area contributed by atoms with Crippen molar-refractivity contribution in [3.63, 3.8) is 0 Å². The van der Waals surface area contributed by atoms with Gasteiger partial charge in [0.05, 0.1) is 0 Å².